The van der Waals surface area contributed by atoms with Gasteiger partial charge in [0.2, 0.25) is 0 Å². The zero-order valence-corrected chi connectivity index (χ0v) is 11.6. The summed E-state index contributed by atoms with van der Waals surface area (Å²) in [7, 11) is 0. The number of hydrogen-bond acceptors (Lipinski definition) is 3. The van der Waals surface area contributed by atoms with Gasteiger partial charge in [-0.15, -0.1) is 0 Å². The van der Waals surface area contributed by atoms with Crippen molar-refractivity contribution in [2.75, 3.05) is 26.3 Å². The molecule has 2 aliphatic rings. The number of piperidine rings is 1. The Morgan fingerprint density at radius 1 is 1.26 bits per heavy atom. The van der Waals surface area contributed by atoms with E-state index in [0.717, 1.165) is 25.2 Å². The Balaban J connectivity index is 1.55. The first-order valence-electron chi connectivity index (χ1n) is 7.62. The molecule has 0 spiro atoms. The van der Waals surface area contributed by atoms with Crippen LogP contribution < -0.4 is 0 Å². The summed E-state index contributed by atoms with van der Waals surface area (Å²) in [6.07, 6.45) is 10.2. The molecule has 1 aromatic rings. The Bertz CT molecular complexity index is 376. The van der Waals surface area contributed by atoms with E-state index < -0.39 is 0 Å². The van der Waals surface area contributed by atoms with Gasteiger partial charge in [0.05, 0.1) is 0 Å². The van der Waals surface area contributed by atoms with E-state index in [1.54, 1.807) is 0 Å². The molecular formula is C16H24N2O. The van der Waals surface area contributed by atoms with Crippen LogP contribution in [0.2, 0.25) is 0 Å². The van der Waals surface area contributed by atoms with Crippen molar-refractivity contribution in [2.45, 2.75) is 38.1 Å². The highest BCUT2D eigenvalue weighted by atomic mass is 16.5. The Labute approximate surface area is 116 Å². The molecule has 0 radical (unpaired) electrons. The second kappa shape index (κ2) is 6.49. The maximum Gasteiger partial charge on any atom is 0.0480 e. The van der Waals surface area contributed by atoms with Crippen LogP contribution >= 0.6 is 0 Å². The van der Waals surface area contributed by atoms with Crippen LogP contribution in [0.25, 0.3) is 0 Å². The Morgan fingerprint density at radius 3 is 2.95 bits per heavy atom. The summed E-state index contributed by atoms with van der Waals surface area (Å²) in [6, 6.07) is 5.03. The monoisotopic (exact) mass is 260 g/mol. The van der Waals surface area contributed by atoms with Gasteiger partial charge in [-0.3, -0.25) is 9.88 Å². The minimum Gasteiger partial charge on any atom is -0.381 e. The molecule has 19 heavy (non-hydrogen) atoms. The molecule has 1 atom stereocenters. The number of ether oxygens (including phenoxy) is 1. The van der Waals surface area contributed by atoms with Gasteiger partial charge in [-0.25, -0.2) is 0 Å². The second-order valence-corrected chi connectivity index (χ2v) is 5.91. The van der Waals surface area contributed by atoms with Gasteiger partial charge in [-0.1, -0.05) is 6.07 Å². The third-order valence-corrected chi connectivity index (χ3v) is 4.50. The lowest BCUT2D eigenvalue weighted by Gasteiger charge is -2.40. The predicted molar refractivity (Wildman–Crippen MR) is 76.1 cm³/mol. The molecule has 2 fully saturated rings. The van der Waals surface area contributed by atoms with Crippen molar-refractivity contribution in [3.8, 4) is 0 Å². The summed E-state index contributed by atoms with van der Waals surface area (Å²) < 4.78 is 5.48. The van der Waals surface area contributed by atoms with E-state index in [-0.39, 0.29) is 0 Å². The quantitative estimate of drug-likeness (QED) is 0.835. The topological polar surface area (TPSA) is 25.4 Å². The van der Waals surface area contributed by atoms with Crippen molar-refractivity contribution < 1.29 is 4.74 Å². The molecule has 0 N–H and O–H groups in total. The lowest BCUT2D eigenvalue weighted by Crippen LogP contribution is -2.45. The molecule has 0 saturated carbocycles. The fourth-order valence-corrected chi connectivity index (χ4v) is 3.50. The Kier molecular flexibility index (Phi) is 4.46. The van der Waals surface area contributed by atoms with E-state index in [4.69, 9.17) is 4.74 Å². The van der Waals surface area contributed by atoms with Crippen molar-refractivity contribution >= 4 is 0 Å². The summed E-state index contributed by atoms with van der Waals surface area (Å²) in [5.74, 6) is 0.806. The molecule has 1 aromatic heterocycles. The Morgan fingerprint density at radius 2 is 2.16 bits per heavy atom. The first kappa shape index (κ1) is 13.1. The number of pyridine rings is 1. The van der Waals surface area contributed by atoms with Crippen molar-refractivity contribution in [3.05, 3.63) is 30.1 Å². The van der Waals surface area contributed by atoms with Gasteiger partial charge in [0, 0.05) is 38.2 Å². The summed E-state index contributed by atoms with van der Waals surface area (Å²) in [6.45, 7) is 4.46. The summed E-state index contributed by atoms with van der Waals surface area (Å²) in [5, 5.41) is 0. The predicted octanol–water partition coefficient (Wildman–Crippen LogP) is 2.52. The smallest absolute Gasteiger partial charge is 0.0480 e. The molecule has 0 amide bonds. The molecule has 3 heteroatoms. The second-order valence-electron chi connectivity index (χ2n) is 5.91. The normalized spacial score (nSPS) is 26.4. The number of likely N-dealkylation sites (tertiary alicyclic amines) is 1. The van der Waals surface area contributed by atoms with Gasteiger partial charge in [0.1, 0.15) is 0 Å². The van der Waals surface area contributed by atoms with Crippen molar-refractivity contribution in [2.24, 2.45) is 5.92 Å². The molecule has 1 unspecified atom stereocenters. The van der Waals surface area contributed by atoms with Crippen LogP contribution in [0.4, 0.5) is 0 Å². The summed E-state index contributed by atoms with van der Waals surface area (Å²) >= 11 is 0. The largest absolute Gasteiger partial charge is 0.381 e. The van der Waals surface area contributed by atoms with Crippen LogP contribution in [0.5, 0.6) is 0 Å². The minimum atomic E-state index is 0.769. The van der Waals surface area contributed by atoms with Crippen molar-refractivity contribution in [1.82, 2.24) is 9.88 Å². The Hall–Kier alpha value is -0.930. The van der Waals surface area contributed by atoms with E-state index >= 15 is 0 Å². The molecule has 3 nitrogen and oxygen atoms in total. The molecule has 3 rings (SSSR count). The van der Waals surface area contributed by atoms with Crippen LogP contribution in [0.3, 0.4) is 0 Å². The first-order valence-corrected chi connectivity index (χ1v) is 7.62. The maximum atomic E-state index is 5.48. The highest BCUT2D eigenvalue weighted by Gasteiger charge is 2.27. The summed E-state index contributed by atoms with van der Waals surface area (Å²) in [4.78, 5) is 6.94. The van der Waals surface area contributed by atoms with E-state index in [1.807, 2.05) is 12.4 Å². The third-order valence-electron chi connectivity index (χ3n) is 4.50. The molecule has 2 saturated heterocycles. The standard InChI is InChI=1S/C16H24N2O/c1-3-14(12-17-7-1)11-15-4-2-8-18(13-15)16-5-9-19-10-6-16/h1,3,7,12,15-16H,2,4-6,8-11,13H2. The fourth-order valence-electron chi connectivity index (χ4n) is 3.50. The maximum absolute atomic E-state index is 5.48. The van der Waals surface area contributed by atoms with E-state index in [1.165, 1.54) is 50.8 Å². The minimum absolute atomic E-state index is 0.769. The molecule has 104 valence electrons. The number of aromatic nitrogens is 1. The lowest BCUT2D eigenvalue weighted by molar-refractivity contribution is 0.0178. The van der Waals surface area contributed by atoms with Crippen LogP contribution in [-0.2, 0) is 11.2 Å². The van der Waals surface area contributed by atoms with Crippen LogP contribution in [0.1, 0.15) is 31.2 Å². The van der Waals surface area contributed by atoms with Gasteiger partial charge in [-0.05, 0) is 56.2 Å². The third kappa shape index (κ3) is 3.54. The van der Waals surface area contributed by atoms with E-state index in [0.29, 0.717) is 0 Å². The van der Waals surface area contributed by atoms with Crippen molar-refractivity contribution in [3.63, 3.8) is 0 Å². The van der Waals surface area contributed by atoms with Gasteiger partial charge in [0.25, 0.3) is 0 Å². The van der Waals surface area contributed by atoms with Crippen LogP contribution in [0, 0.1) is 5.92 Å². The lowest BCUT2D eigenvalue weighted by atomic mass is 9.90. The van der Waals surface area contributed by atoms with Crippen LogP contribution in [-0.4, -0.2) is 42.2 Å². The molecular weight excluding hydrogens is 236 g/mol. The van der Waals surface area contributed by atoms with Crippen molar-refractivity contribution in [1.29, 1.82) is 0 Å². The number of rotatable bonds is 3. The van der Waals surface area contributed by atoms with Gasteiger partial charge >= 0.3 is 0 Å². The molecule has 0 bridgehead atoms. The zero-order valence-electron chi connectivity index (χ0n) is 11.6. The zero-order chi connectivity index (χ0) is 12.9. The molecule has 3 heterocycles. The SMILES string of the molecule is c1cncc(CC2CCCN(C3CCOCC3)C2)c1. The average molecular weight is 260 g/mol. The van der Waals surface area contributed by atoms with Gasteiger partial charge in [-0.2, -0.15) is 0 Å². The average Bonchev–Trinajstić information content (AvgIpc) is 2.49. The first-order chi connectivity index (χ1) is 9.42. The van der Waals surface area contributed by atoms with Crippen LogP contribution in [0.15, 0.2) is 24.5 Å². The molecule has 0 aromatic carbocycles. The number of hydrogen-bond donors (Lipinski definition) is 0. The van der Waals surface area contributed by atoms with Gasteiger partial charge < -0.3 is 4.74 Å². The summed E-state index contributed by atoms with van der Waals surface area (Å²) in [5.41, 5.74) is 1.39. The molecule has 2 aliphatic heterocycles. The highest BCUT2D eigenvalue weighted by Crippen LogP contribution is 2.25. The van der Waals surface area contributed by atoms with E-state index in [2.05, 4.69) is 22.0 Å². The highest BCUT2D eigenvalue weighted by molar-refractivity contribution is 5.09. The van der Waals surface area contributed by atoms with Gasteiger partial charge in [0.15, 0.2) is 0 Å². The fraction of sp³-hybridized carbons (Fsp3) is 0.688. The van der Waals surface area contributed by atoms with E-state index in [9.17, 15) is 0 Å². The number of nitrogens with zero attached hydrogens (tertiary/aromatic N) is 2. The molecule has 0 aliphatic carbocycles.